The molecule has 1 aliphatic rings. The van der Waals surface area contributed by atoms with Gasteiger partial charge in [-0.1, -0.05) is 19.9 Å². The van der Waals surface area contributed by atoms with Crippen LogP contribution in [0.1, 0.15) is 20.3 Å². The van der Waals surface area contributed by atoms with Gasteiger partial charge in [0.1, 0.15) is 0 Å². The van der Waals surface area contributed by atoms with Crippen LogP contribution in [0.2, 0.25) is 0 Å². The number of sulfone groups is 1. The molecule has 0 aliphatic carbocycles. The Morgan fingerprint density at radius 1 is 1.27 bits per heavy atom. The van der Waals surface area contributed by atoms with Gasteiger partial charge in [-0.3, -0.25) is 9.69 Å². The number of rotatable bonds is 4. The lowest BCUT2D eigenvalue weighted by Gasteiger charge is -2.34. The van der Waals surface area contributed by atoms with Gasteiger partial charge in [0.05, 0.1) is 11.4 Å². The lowest BCUT2D eigenvalue weighted by Crippen LogP contribution is -2.42. The van der Waals surface area contributed by atoms with Crippen molar-refractivity contribution >= 4 is 21.4 Å². The third kappa shape index (κ3) is 4.81. The van der Waals surface area contributed by atoms with E-state index >= 15 is 0 Å². The van der Waals surface area contributed by atoms with Gasteiger partial charge in [-0.2, -0.15) is 0 Å². The molecule has 0 saturated carbocycles. The minimum Gasteiger partial charge on any atom is -0.325 e. The van der Waals surface area contributed by atoms with E-state index in [1.165, 1.54) is 18.6 Å². The molecule has 6 heteroatoms. The van der Waals surface area contributed by atoms with Crippen LogP contribution in [-0.4, -0.2) is 45.1 Å². The Morgan fingerprint density at radius 3 is 2.50 bits per heavy atom. The van der Waals surface area contributed by atoms with Crippen LogP contribution in [-0.2, 0) is 14.6 Å². The Bertz CT molecular complexity index is 633. The molecule has 1 fully saturated rings. The zero-order chi connectivity index (χ0) is 16.3. The van der Waals surface area contributed by atoms with Gasteiger partial charge in [0.25, 0.3) is 0 Å². The minimum atomic E-state index is -3.26. The van der Waals surface area contributed by atoms with Crippen LogP contribution in [0.15, 0.2) is 29.2 Å². The smallest absolute Gasteiger partial charge is 0.238 e. The van der Waals surface area contributed by atoms with Gasteiger partial charge in [0.2, 0.25) is 5.91 Å². The first-order valence-corrected chi connectivity index (χ1v) is 9.45. The van der Waals surface area contributed by atoms with E-state index in [4.69, 9.17) is 0 Å². The van der Waals surface area contributed by atoms with Gasteiger partial charge in [0.15, 0.2) is 9.84 Å². The summed E-state index contributed by atoms with van der Waals surface area (Å²) in [7, 11) is -3.26. The molecule has 22 heavy (non-hydrogen) atoms. The van der Waals surface area contributed by atoms with Crippen LogP contribution in [0.25, 0.3) is 0 Å². The Kier molecular flexibility index (Phi) is 5.24. The maximum Gasteiger partial charge on any atom is 0.238 e. The van der Waals surface area contributed by atoms with Crippen LogP contribution in [0.3, 0.4) is 0 Å². The molecule has 1 aromatic rings. The van der Waals surface area contributed by atoms with E-state index in [1.54, 1.807) is 12.1 Å². The topological polar surface area (TPSA) is 66.5 Å². The molecule has 1 amide bonds. The number of nitrogens with one attached hydrogen (secondary N) is 1. The summed E-state index contributed by atoms with van der Waals surface area (Å²) in [4.78, 5) is 14.5. The van der Waals surface area contributed by atoms with E-state index in [9.17, 15) is 13.2 Å². The van der Waals surface area contributed by atoms with Crippen LogP contribution in [0.4, 0.5) is 5.69 Å². The number of nitrogens with zero attached hydrogens (tertiary/aromatic N) is 1. The highest BCUT2D eigenvalue weighted by molar-refractivity contribution is 7.90. The molecule has 5 nitrogen and oxygen atoms in total. The quantitative estimate of drug-likeness (QED) is 0.920. The summed E-state index contributed by atoms with van der Waals surface area (Å²) in [5, 5.41) is 2.79. The standard InChI is InChI=1S/C16H24N2O3S/c1-12-7-13(2)10-18(9-12)11-16(19)17-14-5-4-6-15(8-14)22(3,20)21/h4-6,8,12-13H,7,9-11H2,1-3H3,(H,17,19)/t12-,13-/m1/s1. The Balaban J connectivity index is 1.97. The van der Waals surface area contributed by atoms with Crippen molar-refractivity contribution in [3.63, 3.8) is 0 Å². The molecule has 2 rings (SSSR count). The number of carbonyl (C=O) groups is 1. The molecule has 0 radical (unpaired) electrons. The number of anilines is 1. The number of benzene rings is 1. The fourth-order valence-electron chi connectivity index (χ4n) is 3.13. The van der Waals surface area contributed by atoms with Crippen LogP contribution < -0.4 is 5.32 Å². The molecule has 0 bridgehead atoms. The van der Waals surface area contributed by atoms with Gasteiger partial charge in [-0.15, -0.1) is 0 Å². The summed E-state index contributed by atoms with van der Waals surface area (Å²) in [6.45, 7) is 6.62. The van der Waals surface area contributed by atoms with Crippen molar-refractivity contribution in [2.45, 2.75) is 25.2 Å². The molecule has 1 N–H and O–H groups in total. The number of hydrogen-bond acceptors (Lipinski definition) is 4. The fraction of sp³-hybridized carbons (Fsp3) is 0.562. The van der Waals surface area contributed by atoms with Crippen molar-refractivity contribution in [1.82, 2.24) is 4.90 Å². The highest BCUT2D eigenvalue weighted by Crippen LogP contribution is 2.21. The molecule has 1 aromatic carbocycles. The van der Waals surface area contributed by atoms with E-state index in [0.717, 1.165) is 19.3 Å². The predicted octanol–water partition coefficient (Wildman–Crippen LogP) is 2.01. The van der Waals surface area contributed by atoms with Crippen LogP contribution in [0, 0.1) is 11.8 Å². The summed E-state index contributed by atoms with van der Waals surface area (Å²) in [5.41, 5.74) is 0.519. The zero-order valence-corrected chi connectivity index (χ0v) is 14.2. The Morgan fingerprint density at radius 2 is 1.91 bits per heavy atom. The molecule has 1 aliphatic heterocycles. The maximum atomic E-state index is 12.2. The normalized spacial score (nSPS) is 23.2. The molecule has 0 spiro atoms. The van der Waals surface area contributed by atoms with Crippen molar-refractivity contribution in [3.8, 4) is 0 Å². The highest BCUT2D eigenvalue weighted by atomic mass is 32.2. The maximum absolute atomic E-state index is 12.2. The SMILES string of the molecule is C[C@@H]1C[C@@H](C)CN(CC(=O)Nc2cccc(S(C)(=O)=O)c2)C1. The second kappa shape index (κ2) is 6.79. The summed E-state index contributed by atoms with van der Waals surface area (Å²) in [6.07, 6.45) is 2.36. The molecule has 1 saturated heterocycles. The number of piperidine rings is 1. The van der Waals surface area contributed by atoms with Crippen LogP contribution >= 0.6 is 0 Å². The van der Waals surface area contributed by atoms with Crippen molar-refractivity contribution in [2.75, 3.05) is 31.2 Å². The van der Waals surface area contributed by atoms with Gasteiger partial charge >= 0.3 is 0 Å². The van der Waals surface area contributed by atoms with Crippen LogP contribution in [0.5, 0.6) is 0 Å². The number of likely N-dealkylation sites (tertiary alicyclic amines) is 1. The minimum absolute atomic E-state index is 0.105. The molecular formula is C16H24N2O3S. The molecule has 122 valence electrons. The van der Waals surface area contributed by atoms with Gasteiger partial charge < -0.3 is 5.32 Å². The van der Waals surface area contributed by atoms with Gasteiger partial charge in [0, 0.05) is 25.0 Å². The van der Waals surface area contributed by atoms with E-state index < -0.39 is 9.84 Å². The van der Waals surface area contributed by atoms with Gasteiger partial charge in [-0.05, 0) is 36.5 Å². The zero-order valence-electron chi connectivity index (χ0n) is 13.4. The number of hydrogen-bond donors (Lipinski definition) is 1. The first kappa shape index (κ1) is 17.0. The summed E-state index contributed by atoms with van der Waals surface area (Å²) in [6, 6.07) is 6.36. The number of amides is 1. The summed E-state index contributed by atoms with van der Waals surface area (Å²) in [5.74, 6) is 1.10. The van der Waals surface area contributed by atoms with Crippen molar-refractivity contribution in [3.05, 3.63) is 24.3 Å². The van der Waals surface area contributed by atoms with Gasteiger partial charge in [-0.25, -0.2) is 8.42 Å². The average Bonchev–Trinajstić information content (AvgIpc) is 2.36. The fourth-order valence-corrected chi connectivity index (χ4v) is 3.80. The lowest BCUT2D eigenvalue weighted by molar-refractivity contribution is -0.117. The molecule has 1 heterocycles. The lowest BCUT2D eigenvalue weighted by atomic mass is 9.92. The van der Waals surface area contributed by atoms with Crippen molar-refractivity contribution in [2.24, 2.45) is 11.8 Å². The first-order chi connectivity index (χ1) is 10.2. The monoisotopic (exact) mass is 324 g/mol. The first-order valence-electron chi connectivity index (χ1n) is 7.56. The highest BCUT2D eigenvalue weighted by Gasteiger charge is 2.23. The molecule has 2 atom stereocenters. The number of carbonyl (C=O) groups excluding carboxylic acids is 1. The predicted molar refractivity (Wildman–Crippen MR) is 87.6 cm³/mol. The van der Waals surface area contributed by atoms with E-state index in [1.807, 2.05) is 0 Å². The van der Waals surface area contributed by atoms with E-state index in [0.29, 0.717) is 24.1 Å². The third-order valence-corrected chi connectivity index (χ3v) is 4.97. The average molecular weight is 324 g/mol. The third-order valence-electron chi connectivity index (χ3n) is 3.86. The molecule has 0 unspecified atom stereocenters. The van der Waals surface area contributed by atoms with E-state index in [2.05, 4.69) is 24.1 Å². The van der Waals surface area contributed by atoms with E-state index in [-0.39, 0.29) is 10.8 Å². The summed E-state index contributed by atoms with van der Waals surface area (Å²) >= 11 is 0. The largest absolute Gasteiger partial charge is 0.325 e. The van der Waals surface area contributed by atoms with Crippen molar-refractivity contribution < 1.29 is 13.2 Å². The Hall–Kier alpha value is -1.40. The second-order valence-corrected chi connectivity index (χ2v) is 8.50. The Labute approximate surface area is 132 Å². The summed E-state index contributed by atoms with van der Waals surface area (Å²) < 4.78 is 23.1. The van der Waals surface area contributed by atoms with Crippen molar-refractivity contribution in [1.29, 1.82) is 0 Å². The second-order valence-electron chi connectivity index (χ2n) is 6.49. The molecular weight excluding hydrogens is 300 g/mol. The molecule has 0 aromatic heterocycles.